The van der Waals surface area contributed by atoms with Gasteiger partial charge in [-0.2, -0.15) is 0 Å². The Bertz CT molecular complexity index is 719. The van der Waals surface area contributed by atoms with Gasteiger partial charge < -0.3 is 5.11 Å². The first-order chi connectivity index (χ1) is 11.2. The molecule has 0 saturated heterocycles. The van der Waals surface area contributed by atoms with E-state index in [0.717, 1.165) is 12.8 Å². The second-order valence-electron chi connectivity index (χ2n) is 8.57. The lowest BCUT2D eigenvalue weighted by Gasteiger charge is -2.42. The summed E-state index contributed by atoms with van der Waals surface area (Å²) in [4.78, 5) is 10.8. The molecule has 1 N–H and O–H groups in total. The van der Waals surface area contributed by atoms with Crippen LogP contribution >= 0.6 is 0 Å². The van der Waals surface area contributed by atoms with E-state index in [2.05, 4.69) is 52.0 Å². The van der Waals surface area contributed by atoms with Gasteiger partial charge in [-0.1, -0.05) is 58.0 Å². The highest BCUT2D eigenvalue weighted by Gasteiger charge is 2.37. The summed E-state index contributed by atoms with van der Waals surface area (Å²) in [7, 11) is 0. The normalized spacial score (nSPS) is 24.7. The number of benzene rings is 1. The number of hydrogen-bond donors (Lipinski definition) is 1. The molecule has 1 aromatic rings. The molecule has 1 aromatic carbocycles. The standard InChI is InChI=1S/C22H28O2/c1-21(2)12-13-22(3,4)19-14-16(8-10-18(19)21)17-7-5-6-15(17)9-11-20(23)24/h7-11,14-15H,5-6,12-13H2,1-4H3,(H,23,24). The molecule has 2 aliphatic carbocycles. The monoisotopic (exact) mass is 324 g/mol. The van der Waals surface area contributed by atoms with Crippen LogP contribution in [0.2, 0.25) is 0 Å². The van der Waals surface area contributed by atoms with Crippen molar-refractivity contribution in [3.63, 3.8) is 0 Å². The number of carboxylic acid groups (broad SMARTS) is 1. The second kappa shape index (κ2) is 5.91. The molecular formula is C22H28O2. The first-order valence-corrected chi connectivity index (χ1v) is 8.97. The molecule has 128 valence electrons. The van der Waals surface area contributed by atoms with Gasteiger partial charge in [0.1, 0.15) is 0 Å². The van der Waals surface area contributed by atoms with Crippen molar-refractivity contribution in [3.8, 4) is 0 Å². The van der Waals surface area contributed by atoms with E-state index in [4.69, 9.17) is 5.11 Å². The number of hydrogen-bond acceptors (Lipinski definition) is 1. The van der Waals surface area contributed by atoms with Crippen LogP contribution < -0.4 is 0 Å². The van der Waals surface area contributed by atoms with E-state index in [1.807, 2.05) is 6.08 Å². The Morgan fingerprint density at radius 2 is 1.79 bits per heavy atom. The van der Waals surface area contributed by atoms with Crippen LogP contribution in [0.4, 0.5) is 0 Å². The number of fused-ring (bicyclic) bond motifs is 1. The van der Waals surface area contributed by atoms with Crippen molar-refractivity contribution in [1.82, 2.24) is 0 Å². The van der Waals surface area contributed by atoms with Gasteiger partial charge in [0.05, 0.1) is 0 Å². The van der Waals surface area contributed by atoms with Crippen molar-refractivity contribution in [2.24, 2.45) is 5.92 Å². The van der Waals surface area contributed by atoms with Crippen LogP contribution in [0.3, 0.4) is 0 Å². The molecule has 0 amide bonds. The van der Waals surface area contributed by atoms with E-state index < -0.39 is 5.97 Å². The maximum absolute atomic E-state index is 10.8. The van der Waals surface area contributed by atoms with Gasteiger partial charge in [0.2, 0.25) is 0 Å². The lowest BCUT2D eigenvalue weighted by molar-refractivity contribution is -0.131. The first kappa shape index (κ1) is 17.0. The molecule has 0 radical (unpaired) electrons. The quantitative estimate of drug-likeness (QED) is 0.749. The summed E-state index contributed by atoms with van der Waals surface area (Å²) in [5.41, 5.74) is 5.91. The van der Waals surface area contributed by atoms with Crippen molar-refractivity contribution in [2.45, 2.75) is 64.2 Å². The Morgan fingerprint density at radius 1 is 1.12 bits per heavy atom. The first-order valence-electron chi connectivity index (χ1n) is 8.97. The van der Waals surface area contributed by atoms with Gasteiger partial charge in [-0.25, -0.2) is 4.79 Å². The van der Waals surface area contributed by atoms with Gasteiger partial charge in [-0.05, 0) is 58.8 Å². The fourth-order valence-electron chi connectivity index (χ4n) is 4.22. The zero-order chi connectivity index (χ0) is 17.5. The van der Waals surface area contributed by atoms with E-state index >= 15 is 0 Å². The number of carboxylic acids is 1. The van der Waals surface area contributed by atoms with Crippen LogP contribution in [-0.2, 0) is 15.6 Å². The molecule has 0 saturated carbocycles. The molecule has 0 aromatic heterocycles. The molecular weight excluding hydrogens is 296 g/mol. The smallest absolute Gasteiger partial charge is 0.327 e. The largest absolute Gasteiger partial charge is 0.478 e. The van der Waals surface area contributed by atoms with Crippen LogP contribution in [0, 0.1) is 5.92 Å². The predicted molar refractivity (Wildman–Crippen MR) is 99.2 cm³/mol. The van der Waals surface area contributed by atoms with Gasteiger partial charge in [0.15, 0.2) is 0 Å². The van der Waals surface area contributed by atoms with Crippen molar-refractivity contribution >= 4 is 11.5 Å². The number of carbonyl (C=O) groups is 1. The Labute approximate surface area is 145 Å². The summed E-state index contributed by atoms with van der Waals surface area (Å²) < 4.78 is 0. The van der Waals surface area contributed by atoms with Gasteiger partial charge in [-0.15, -0.1) is 0 Å². The Balaban J connectivity index is 2.01. The molecule has 0 aliphatic heterocycles. The van der Waals surface area contributed by atoms with Crippen molar-refractivity contribution in [2.75, 3.05) is 0 Å². The Kier molecular flexibility index (Phi) is 4.19. The van der Waals surface area contributed by atoms with Crippen molar-refractivity contribution < 1.29 is 9.90 Å². The Hall–Kier alpha value is -1.83. The molecule has 2 nitrogen and oxygen atoms in total. The minimum atomic E-state index is -0.866. The minimum Gasteiger partial charge on any atom is -0.478 e. The summed E-state index contributed by atoms with van der Waals surface area (Å²) in [6.07, 6.45) is 9.86. The zero-order valence-corrected chi connectivity index (χ0v) is 15.2. The molecule has 0 fully saturated rings. The van der Waals surface area contributed by atoms with Crippen LogP contribution in [0.15, 0.2) is 36.4 Å². The lowest BCUT2D eigenvalue weighted by Crippen LogP contribution is -2.33. The molecule has 1 atom stereocenters. The highest BCUT2D eigenvalue weighted by molar-refractivity contribution is 5.81. The van der Waals surface area contributed by atoms with Crippen LogP contribution in [-0.4, -0.2) is 11.1 Å². The predicted octanol–water partition coefficient (Wildman–Crippen LogP) is 5.47. The fourth-order valence-corrected chi connectivity index (χ4v) is 4.22. The van der Waals surface area contributed by atoms with Crippen molar-refractivity contribution in [3.05, 3.63) is 53.1 Å². The third kappa shape index (κ3) is 3.07. The molecule has 3 rings (SSSR count). The average Bonchev–Trinajstić information content (AvgIpc) is 2.98. The molecule has 0 spiro atoms. The molecule has 2 heteroatoms. The molecule has 2 aliphatic rings. The minimum absolute atomic E-state index is 0.201. The third-order valence-corrected chi connectivity index (χ3v) is 5.90. The maximum Gasteiger partial charge on any atom is 0.327 e. The molecule has 1 unspecified atom stereocenters. The summed E-state index contributed by atoms with van der Waals surface area (Å²) in [6.45, 7) is 9.37. The summed E-state index contributed by atoms with van der Waals surface area (Å²) in [6, 6.07) is 6.92. The third-order valence-electron chi connectivity index (χ3n) is 5.90. The van der Waals surface area contributed by atoms with Crippen LogP contribution in [0.25, 0.3) is 5.57 Å². The SMILES string of the molecule is CC1(C)CCC(C)(C)c2cc(C3=CCCC3C=CC(=O)O)ccc21. The summed E-state index contributed by atoms with van der Waals surface area (Å²) in [5.74, 6) is -0.645. The fraction of sp³-hybridized carbons (Fsp3) is 0.500. The van der Waals surface area contributed by atoms with Gasteiger partial charge in [-0.3, -0.25) is 0 Å². The Morgan fingerprint density at radius 3 is 2.46 bits per heavy atom. The maximum atomic E-state index is 10.8. The summed E-state index contributed by atoms with van der Waals surface area (Å²) in [5, 5.41) is 8.91. The topological polar surface area (TPSA) is 37.3 Å². The van der Waals surface area contributed by atoms with Gasteiger partial charge in [0.25, 0.3) is 0 Å². The van der Waals surface area contributed by atoms with E-state index in [9.17, 15) is 4.79 Å². The number of allylic oxidation sites excluding steroid dienone is 3. The zero-order valence-electron chi connectivity index (χ0n) is 15.2. The average molecular weight is 324 g/mol. The second-order valence-corrected chi connectivity index (χ2v) is 8.57. The van der Waals surface area contributed by atoms with Crippen LogP contribution in [0.1, 0.15) is 70.1 Å². The van der Waals surface area contributed by atoms with E-state index in [0.29, 0.717) is 0 Å². The van der Waals surface area contributed by atoms with E-state index in [1.165, 1.54) is 41.2 Å². The number of aliphatic carboxylic acids is 1. The van der Waals surface area contributed by atoms with Gasteiger partial charge in [0, 0.05) is 12.0 Å². The molecule has 0 heterocycles. The molecule has 0 bridgehead atoms. The van der Waals surface area contributed by atoms with Crippen LogP contribution in [0.5, 0.6) is 0 Å². The van der Waals surface area contributed by atoms with E-state index in [1.54, 1.807) is 0 Å². The number of rotatable bonds is 3. The highest BCUT2D eigenvalue weighted by Crippen LogP contribution is 2.47. The lowest BCUT2D eigenvalue weighted by atomic mass is 9.63. The van der Waals surface area contributed by atoms with Crippen molar-refractivity contribution in [1.29, 1.82) is 0 Å². The molecule has 24 heavy (non-hydrogen) atoms. The summed E-state index contributed by atoms with van der Waals surface area (Å²) >= 11 is 0. The van der Waals surface area contributed by atoms with Gasteiger partial charge >= 0.3 is 5.97 Å². The highest BCUT2D eigenvalue weighted by atomic mass is 16.4. The van der Waals surface area contributed by atoms with E-state index in [-0.39, 0.29) is 16.7 Å².